The van der Waals surface area contributed by atoms with Gasteiger partial charge >= 0.3 is 6.18 Å². The first-order valence-corrected chi connectivity index (χ1v) is 9.18. The van der Waals surface area contributed by atoms with E-state index in [2.05, 4.69) is 5.32 Å². The monoisotopic (exact) mass is 394 g/mol. The maximum absolute atomic E-state index is 12.9. The van der Waals surface area contributed by atoms with Crippen LogP contribution in [0.1, 0.15) is 66.2 Å². The minimum Gasteiger partial charge on any atom is -0.347 e. The van der Waals surface area contributed by atoms with E-state index in [0.717, 1.165) is 32.1 Å². The summed E-state index contributed by atoms with van der Waals surface area (Å²) in [6, 6.07) is -2.40. The summed E-state index contributed by atoms with van der Waals surface area (Å²) < 4.78 is 38.8. The van der Waals surface area contributed by atoms with E-state index in [4.69, 9.17) is 4.84 Å². The molecule has 0 aromatic rings. The van der Waals surface area contributed by atoms with E-state index in [-0.39, 0.29) is 18.4 Å². The molecule has 0 aliphatic heterocycles. The Bertz CT molecular complexity index is 526. The maximum Gasteiger partial charge on any atom is 0.391 e. The van der Waals surface area contributed by atoms with Crippen molar-refractivity contribution >= 4 is 18.1 Å². The molecule has 6 nitrogen and oxygen atoms in total. The first-order chi connectivity index (χ1) is 12.3. The molecule has 0 saturated heterocycles. The number of halogens is 3. The molecule has 0 heterocycles. The molecule has 0 unspecified atom stereocenters. The Kier molecular flexibility index (Phi) is 8.25. The van der Waals surface area contributed by atoms with Crippen LogP contribution in [0.15, 0.2) is 0 Å². The number of nitrogens with one attached hydrogen (secondary N) is 1. The van der Waals surface area contributed by atoms with Crippen LogP contribution < -0.4 is 5.32 Å². The molecule has 0 aromatic carbocycles. The number of alkyl halides is 3. The summed E-state index contributed by atoms with van der Waals surface area (Å²) >= 11 is 0. The second-order valence-electron chi connectivity index (χ2n) is 8.03. The Morgan fingerprint density at radius 2 is 1.74 bits per heavy atom. The number of Topliss-reactive ketones (excluding diaryl/α,β-unsaturated/α-hetero) is 1. The summed E-state index contributed by atoms with van der Waals surface area (Å²) in [5, 5.41) is 2.80. The number of hydroxylamine groups is 2. The van der Waals surface area contributed by atoms with Crippen LogP contribution in [0, 0.1) is 5.92 Å². The van der Waals surface area contributed by atoms with Gasteiger partial charge in [0.25, 0.3) is 5.91 Å². The van der Waals surface area contributed by atoms with Crippen LogP contribution in [0.2, 0.25) is 0 Å². The van der Waals surface area contributed by atoms with E-state index >= 15 is 0 Å². The molecule has 2 amide bonds. The van der Waals surface area contributed by atoms with Gasteiger partial charge in [-0.3, -0.25) is 19.2 Å². The minimum absolute atomic E-state index is 0.00258. The van der Waals surface area contributed by atoms with Crippen LogP contribution in [0.25, 0.3) is 0 Å². The van der Waals surface area contributed by atoms with Gasteiger partial charge in [0.15, 0.2) is 0 Å². The number of hydrogen-bond acceptors (Lipinski definition) is 4. The third-order valence-corrected chi connectivity index (χ3v) is 4.46. The van der Waals surface area contributed by atoms with Gasteiger partial charge in [-0.15, -0.1) is 0 Å². The molecule has 1 N–H and O–H groups in total. The first-order valence-electron chi connectivity index (χ1n) is 9.18. The van der Waals surface area contributed by atoms with Crippen molar-refractivity contribution in [1.29, 1.82) is 0 Å². The zero-order valence-corrected chi connectivity index (χ0v) is 16.3. The fourth-order valence-electron chi connectivity index (χ4n) is 3.17. The summed E-state index contributed by atoms with van der Waals surface area (Å²) in [6.45, 7) is 6.29. The van der Waals surface area contributed by atoms with Gasteiger partial charge in [-0.1, -0.05) is 19.3 Å². The second-order valence-corrected chi connectivity index (χ2v) is 8.03. The molecule has 27 heavy (non-hydrogen) atoms. The smallest absolute Gasteiger partial charge is 0.347 e. The van der Waals surface area contributed by atoms with Gasteiger partial charge in [-0.25, -0.2) is 5.06 Å². The van der Waals surface area contributed by atoms with Crippen LogP contribution in [-0.4, -0.2) is 47.0 Å². The van der Waals surface area contributed by atoms with Crippen molar-refractivity contribution in [2.45, 2.75) is 90.1 Å². The predicted octanol–water partition coefficient (Wildman–Crippen LogP) is 3.15. The molecule has 0 bridgehead atoms. The van der Waals surface area contributed by atoms with Crippen molar-refractivity contribution in [3.8, 4) is 0 Å². The highest BCUT2D eigenvalue weighted by Gasteiger charge is 2.42. The fraction of sp³-hybridized carbons (Fsp3) is 0.833. The Morgan fingerprint density at radius 3 is 2.19 bits per heavy atom. The number of carbonyl (C=O) groups is 3. The first kappa shape index (κ1) is 23.4. The van der Waals surface area contributed by atoms with E-state index in [0.29, 0.717) is 5.06 Å². The molecule has 156 valence electrons. The SMILES string of the molecule is C[C@H](NC(=O)C(=O)[C@H](CC(F)(F)F)N(C=O)OC(C)(C)C)C1CCCCC1. The largest absolute Gasteiger partial charge is 0.391 e. The quantitative estimate of drug-likeness (QED) is 0.390. The van der Waals surface area contributed by atoms with Crippen molar-refractivity contribution in [3.05, 3.63) is 0 Å². The van der Waals surface area contributed by atoms with Gasteiger partial charge in [0.2, 0.25) is 12.2 Å². The Hall–Kier alpha value is -1.64. The van der Waals surface area contributed by atoms with E-state index in [9.17, 15) is 27.6 Å². The van der Waals surface area contributed by atoms with Crippen LogP contribution in [0.4, 0.5) is 13.2 Å². The van der Waals surface area contributed by atoms with Gasteiger partial charge in [0.05, 0.1) is 12.0 Å². The number of ketones is 1. The molecular formula is C18H29F3N2O4. The molecule has 1 aliphatic rings. The molecule has 9 heteroatoms. The van der Waals surface area contributed by atoms with Gasteiger partial charge in [-0.2, -0.15) is 13.2 Å². The minimum atomic E-state index is -4.75. The average molecular weight is 394 g/mol. The van der Waals surface area contributed by atoms with Crippen molar-refractivity contribution in [2.24, 2.45) is 5.92 Å². The zero-order valence-electron chi connectivity index (χ0n) is 16.3. The molecule has 1 aliphatic carbocycles. The van der Waals surface area contributed by atoms with Gasteiger partial charge < -0.3 is 5.32 Å². The van der Waals surface area contributed by atoms with Crippen LogP contribution in [-0.2, 0) is 19.2 Å². The highest BCUT2D eigenvalue weighted by atomic mass is 19.4. The summed E-state index contributed by atoms with van der Waals surface area (Å²) in [4.78, 5) is 41.1. The zero-order chi connectivity index (χ0) is 20.8. The van der Waals surface area contributed by atoms with Crippen molar-refractivity contribution < 1.29 is 32.4 Å². The normalized spacial score (nSPS) is 18.5. The molecule has 1 fully saturated rings. The van der Waals surface area contributed by atoms with Crippen molar-refractivity contribution in [3.63, 3.8) is 0 Å². The van der Waals surface area contributed by atoms with Crippen molar-refractivity contribution in [1.82, 2.24) is 10.4 Å². The Balaban J connectivity index is 2.90. The van der Waals surface area contributed by atoms with E-state index in [1.165, 1.54) is 20.8 Å². The molecule has 2 atom stereocenters. The lowest BCUT2D eigenvalue weighted by atomic mass is 9.84. The third kappa shape index (κ3) is 8.28. The Morgan fingerprint density at radius 1 is 1.19 bits per heavy atom. The standard InChI is InChI=1S/C18H29F3N2O4/c1-12(13-8-6-5-7-9-13)22-16(26)15(25)14(10-18(19,20)21)23(11-24)27-17(2,3)4/h11-14H,5-10H2,1-4H3,(H,22,26)/t12-,14-/m0/s1. The van der Waals surface area contributed by atoms with Gasteiger partial charge in [-0.05, 0) is 46.5 Å². The summed E-state index contributed by atoms with van der Waals surface area (Å²) in [7, 11) is 0. The number of hydrogen-bond donors (Lipinski definition) is 1. The molecule has 1 rings (SSSR count). The van der Waals surface area contributed by atoms with Crippen molar-refractivity contribution in [2.75, 3.05) is 0 Å². The van der Waals surface area contributed by atoms with Crippen LogP contribution in [0.3, 0.4) is 0 Å². The number of nitrogens with zero attached hydrogens (tertiary/aromatic N) is 1. The van der Waals surface area contributed by atoms with Crippen LogP contribution >= 0.6 is 0 Å². The molecule has 0 spiro atoms. The van der Waals surface area contributed by atoms with E-state index in [1.807, 2.05) is 0 Å². The van der Waals surface area contributed by atoms with Crippen LogP contribution in [0.5, 0.6) is 0 Å². The number of amides is 2. The predicted molar refractivity (Wildman–Crippen MR) is 92.4 cm³/mol. The summed E-state index contributed by atoms with van der Waals surface area (Å²) in [5.74, 6) is -2.29. The number of carbonyl (C=O) groups excluding carboxylic acids is 3. The lowest BCUT2D eigenvalue weighted by Crippen LogP contribution is -2.53. The highest BCUT2D eigenvalue weighted by molar-refractivity contribution is 6.38. The molecule has 1 saturated carbocycles. The second kappa shape index (κ2) is 9.52. The van der Waals surface area contributed by atoms with E-state index < -0.39 is 35.9 Å². The number of rotatable bonds is 8. The van der Waals surface area contributed by atoms with Gasteiger partial charge in [0, 0.05) is 6.04 Å². The molecule has 0 radical (unpaired) electrons. The van der Waals surface area contributed by atoms with Gasteiger partial charge in [0.1, 0.15) is 6.04 Å². The summed E-state index contributed by atoms with van der Waals surface area (Å²) in [5.41, 5.74) is -1.02. The third-order valence-electron chi connectivity index (χ3n) is 4.46. The maximum atomic E-state index is 12.9. The average Bonchev–Trinajstić information content (AvgIpc) is 2.56. The fourth-order valence-corrected chi connectivity index (χ4v) is 3.17. The lowest BCUT2D eigenvalue weighted by Gasteiger charge is -2.33. The van der Waals surface area contributed by atoms with E-state index in [1.54, 1.807) is 6.92 Å². The summed E-state index contributed by atoms with van der Waals surface area (Å²) in [6.07, 6.45) is -1.46. The lowest BCUT2D eigenvalue weighted by molar-refractivity contribution is -0.244. The molecule has 0 aromatic heterocycles. The molecular weight excluding hydrogens is 365 g/mol. The Labute approximate surface area is 157 Å². The topological polar surface area (TPSA) is 75.7 Å². The highest BCUT2D eigenvalue weighted by Crippen LogP contribution is 2.28.